The third kappa shape index (κ3) is 2.69. The van der Waals surface area contributed by atoms with E-state index in [1.54, 1.807) is 31.5 Å². The van der Waals surface area contributed by atoms with Gasteiger partial charge in [-0.15, -0.1) is 11.3 Å². The number of nitrogens with zero attached hydrogens (tertiary/aromatic N) is 1. The van der Waals surface area contributed by atoms with Gasteiger partial charge in [0.25, 0.3) is 0 Å². The average Bonchev–Trinajstić information content (AvgIpc) is 3.02. The number of hydrogen-bond acceptors (Lipinski definition) is 8. The lowest BCUT2D eigenvalue weighted by atomic mass is 9.59. The molecule has 0 saturated heterocycles. The van der Waals surface area contributed by atoms with E-state index < -0.39 is 41.7 Å². The van der Waals surface area contributed by atoms with E-state index in [1.807, 2.05) is 6.92 Å². The maximum absolute atomic E-state index is 14.3. The van der Waals surface area contributed by atoms with Crippen molar-refractivity contribution in [1.82, 2.24) is 4.98 Å². The second-order valence-corrected chi connectivity index (χ2v) is 12.0. The van der Waals surface area contributed by atoms with Crippen LogP contribution < -0.4 is 0 Å². The summed E-state index contributed by atoms with van der Waals surface area (Å²) in [7, 11) is 0. The second kappa shape index (κ2) is 7.07. The molecule has 3 N–H and O–H groups in total. The zero-order chi connectivity index (χ0) is 24.1. The van der Waals surface area contributed by atoms with Crippen molar-refractivity contribution < 1.29 is 29.6 Å². The first-order valence-electron chi connectivity index (χ1n) is 11.5. The number of allylic oxidation sites excluding steroid dienone is 1. The summed E-state index contributed by atoms with van der Waals surface area (Å²) >= 11 is 1.31. The normalized spacial score (nSPS) is 43.0. The third-order valence-electron chi connectivity index (χ3n) is 9.06. The van der Waals surface area contributed by atoms with E-state index in [-0.39, 0.29) is 34.3 Å². The number of aliphatic hydroxyl groups is 3. The predicted octanol–water partition coefficient (Wildman–Crippen LogP) is 2.44. The van der Waals surface area contributed by atoms with Crippen molar-refractivity contribution >= 4 is 23.1 Å². The molecule has 0 aliphatic heterocycles. The van der Waals surface area contributed by atoms with Crippen molar-refractivity contribution in [2.45, 2.75) is 58.8 Å². The van der Waals surface area contributed by atoms with Crippen LogP contribution in [0, 0.1) is 41.4 Å². The summed E-state index contributed by atoms with van der Waals surface area (Å²) in [6, 6.07) is 0. The summed E-state index contributed by atoms with van der Waals surface area (Å²) in [6.45, 7) is 9.21. The summed E-state index contributed by atoms with van der Waals surface area (Å²) in [5, 5.41) is 34.0. The van der Waals surface area contributed by atoms with Gasteiger partial charge in [-0.05, 0) is 54.6 Å². The number of aliphatic hydroxyl groups excluding tert-OH is 2. The van der Waals surface area contributed by atoms with Crippen molar-refractivity contribution in [1.29, 1.82) is 0 Å². The minimum absolute atomic E-state index is 0.0357. The molecule has 1 aromatic rings. The lowest BCUT2D eigenvalue weighted by Crippen LogP contribution is -2.65. The first-order valence-corrected chi connectivity index (χ1v) is 12.4. The van der Waals surface area contributed by atoms with E-state index in [0.717, 1.165) is 0 Å². The molecule has 8 atom stereocenters. The predicted molar refractivity (Wildman–Crippen MR) is 121 cm³/mol. The number of aromatic nitrogens is 1. The molecule has 4 aliphatic carbocycles. The first-order chi connectivity index (χ1) is 15.4. The molecule has 2 saturated carbocycles. The zero-order valence-corrected chi connectivity index (χ0v) is 20.3. The molecule has 2 fully saturated rings. The molecule has 2 unspecified atom stereocenters. The Morgan fingerprint density at radius 1 is 1.33 bits per heavy atom. The van der Waals surface area contributed by atoms with Gasteiger partial charge < -0.3 is 20.1 Å². The standard InChI is InChI=1S/C25H31NO6S/c1-11-8-24-12(2)6-16-17(23(16,4)5)15(20(24)29)7-14(9-27)19(28)25(24,31)21(11)32-22(30)18-13(3)33-10-26-18/h7-8,10,12,15-17,19,21,27-28,31H,6,9H2,1-5H3/t12?,15-,16+,17-,19+,21-,24?,25-/m0/s1. The molecule has 1 heterocycles. The quantitative estimate of drug-likeness (QED) is 0.456. The highest BCUT2D eigenvalue weighted by molar-refractivity contribution is 7.09. The molecule has 0 aromatic carbocycles. The van der Waals surface area contributed by atoms with Gasteiger partial charge in [-0.3, -0.25) is 4.79 Å². The maximum Gasteiger partial charge on any atom is 0.358 e. The largest absolute Gasteiger partial charge is 0.450 e. The minimum atomic E-state index is -2.13. The average molecular weight is 474 g/mol. The maximum atomic E-state index is 14.3. The third-order valence-corrected chi connectivity index (χ3v) is 9.82. The van der Waals surface area contributed by atoms with Crippen LogP contribution in [-0.4, -0.2) is 56.5 Å². The Labute approximate surface area is 197 Å². The van der Waals surface area contributed by atoms with Crippen molar-refractivity contribution in [3.05, 3.63) is 39.4 Å². The van der Waals surface area contributed by atoms with Crippen LogP contribution in [0.25, 0.3) is 0 Å². The molecule has 5 rings (SSSR count). The molecule has 4 aliphatic rings. The first kappa shape index (κ1) is 22.9. The number of carbonyl (C=O) groups excluding carboxylic acids is 2. The summed E-state index contributed by atoms with van der Waals surface area (Å²) in [5.41, 5.74) is -1.18. The Morgan fingerprint density at radius 3 is 2.64 bits per heavy atom. The van der Waals surface area contributed by atoms with Crippen molar-refractivity contribution in [3.8, 4) is 0 Å². The highest BCUT2D eigenvalue weighted by atomic mass is 32.1. The number of hydrogen-bond donors (Lipinski definition) is 3. The molecular formula is C25H31NO6S. The fourth-order valence-corrected chi connectivity index (χ4v) is 7.82. The summed E-state index contributed by atoms with van der Waals surface area (Å²) in [5.74, 6) is -1.33. The number of rotatable bonds is 3. The fourth-order valence-electron chi connectivity index (χ4n) is 7.26. The van der Waals surface area contributed by atoms with E-state index in [0.29, 0.717) is 22.8 Å². The van der Waals surface area contributed by atoms with Gasteiger partial charge in [0, 0.05) is 10.8 Å². The van der Waals surface area contributed by atoms with E-state index in [4.69, 9.17) is 4.74 Å². The summed E-state index contributed by atoms with van der Waals surface area (Å²) in [4.78, 5) is 32.0. The van der Waals surface area contributed by atoms with E-state index in [2.05, 4.69) is 18.8 Å². The Hall–Kier alpha value is -1.87. The van der Waals surface area contributed by atoms with Crippen LogP contribution in [0.1, 0.15) is 49.5 Å². The molecule has 178 valence electrons. The monoisotopic (exact) mass is 473 g/mol. The molecule has 0 amide bonds. The molecule has 2 bridgehead atoms. The second-order valence-electron chi connectivity index (χ2n) is 10.9. The number of aryl methyl sites for hydroxylation is 1. The van der Waals surface area contributed by atoms with Crippen molar-refractivity contribution in [2.24, 2.45) is 34.5 Å². The van der Waals surface area contributed by atoms with Crippen LogP contribution in [0.3, 0.4) is 0 Å². The van der Waals surface area contributed by atoms with Gasteiger partial charge in [0.1, 0.15) is 6.10 Å². The van der Waals surface area contributed by atoms with Crippen molar-refractivity contribution in [3.63, 3.8) is 0 Å². The van der Waals surface area contributed by atoms with Gasteiger partial charge in [0.15, 0.2) is 23.2 Å². The summed E-state index contributed by atoms with van der Waals surface area (Å²) in [6.07, 6.45) is 1.30. The van der Waals surface area contributed by atoms with Gasteiger partial charge >= 0.3 is 5.97 Å². The molecule has 7 nitrogen and oxygen atoms in total. The van der Waals surface area contributed by atoms with E-state index in [1.165, 1.54) is 11.3 Å². The van der Waals surface area contributed by atoms with Gasteiger partial charge in [0.2, 0.25) is 0 Å². The highest BCUT2D eigenvalue weighted by Gasteiger charge is 2.76. The van der Waals surface area contributed by atoms with E-state index in [9.17, 15) is 24.9 Å². The minimum Gasteiger partial charge on any atom is -0.450 e. The van der Waals surface area contributed by atoms with Crippen LogP contribution in [-0.2, 0) is 9.53 Å². The zero-order valence-electron chi connectivity index (χ0n) is 19.5. The number of carbonyl (C=O) groups is 2. The lowest BCUT2D eigenvalue weighted by Gasteiger charge is -2.48. The van der Waals surface area contributed by atoms with Crippen LogP contribution in [0.5, 0.6) is 0 Å². The molecule has 1 aromatic heterocycles. The Bertz CT molecular complexity index is 1100. The molecule has 1 spiro atoms. The van der Waals surface area contributed by atoms with Crippen LogP contribution in [0.2, 0.25) is 0 Å². The smallest absolute Gasteiger partial charge is 0.358 e. The van der Waals surface area contributed by atoms with E-state index >= 15 is 0 Å². The number of Topliss-reactive ketones (excluding diaryl/α,β-unsaturated/α-hetero) is 1. The number of thiazole rings is 1. The topological polar surface area (TPSA) is 117 Å². The molecule has 0 radical (unpaired) electrons. The number of fused-ring (bicyclic) bond motifs is 3. The fraction of sp³-hybridized carbons (Fsp3) is 0.640. The van der Waals surface area contributed by atoms with Gasteiger partial charge in [-0.1, -0.05) is 32.9 Å². The van der Waals surface area contributed by atoms with Crippen LogP contribution >= 0.6 is 11.3 Å². The highest BCUT2D eigenvalue weighted by Crippen LogP contribution is 2.71. The number of ketones is 1. The Kier molecular flexibility index (Phi) is 4.91. The molecule has 33 heavy (non-hydrogen) atoms. The van der Waals surface area contributed by atoms with Crippen LogP contribution in [0.15, 0.2) is 28.8 Å². The summed E-state index contributed by atoms with van der Waals surface area (Å²) < 4.78 is 5.81. The lowest BCUT2D eigenvalue weighted by molar-refractivity contribution is -0.190. The van der Waals surface area contributed by atoms with Crippen LogP contribution in [0.4, 0.5) is 0 Å². The van der Waals surface area contributed by atoms with Crippen molar-refractivity contribution in [2.75, 3.05) is 6.61 Å². The SMILES string of the molecule is CC1=CC23C(=O)[C@@H](C=C(CO)[C@@H](O)[C@]2(O)[C@H]1OC(=O)c1ncsc1C)[C@H]1[C@@H](CC3C)C1(C)C. The van der Waals surface area contributed by atoms with Gasteiger partial charge in [-0.25, -0.2) is 9.78 Å². The number of ether oxygens (including phenoxy) is 1. The number of esters is 1. The molecular weight excluding hydrogens is 442 g/mol. The van der Waals surface area contributed by atoms with Gasteiger partial charge in [0.05, 0.1) is 17.5 Å². The Morgan fingerprint density at radius 2 is 2.03 bits per heavy atom. The van der Waals surface area contributed by atoms with Gasteiger partial charge in [-0.2, -0.15) is 0 Å². The Balaban J connectivity index is 1.66. The molecule has 8 heteroatoms.